The maximum absolute atomic E-state index is 12.7. The molecule has 1 heterocycles. The van der Waals surface area contributed by atoms with Crippen molar-refractivity contribution in [2.45, 2.75) is 25.6 Å². The molecule has 0 aromatic carbocycles. The fourth-order valence-corrected chi connectivity index (χ4v) is 2.76. The number of rotatable bonds is 10. The standard InChI is InChI=1S/C14H27N3O6/c1-11(18)15(8-21-3)13-12(6-7-20-2)16(9-22-4)14(19)17(13)10-23-5/h12-13H,6-10H2,1-5H3. The SMILES string of the molecule is COCCC1C(N(COC)C(C)=O)N(COC)C(=O)N1COC. The molecule has 2 unspecified atom stereocenters. The van der Waals surface area contributed by atoms with Gasteiger partial charge in [-0.3, -0.25) is 19.5 Å². The molecule has 1 fully saturated rings. The van der Waals surface area contributed by atoms with Gasteiger partial charge < -0.3 is 18.9 Å². The highest BCUT2D eigenvalue weighted by molar-refractivity contribution is 5.80. The smallest absolute Gasteiger partial charge is 0.325 e. The summed E-state index contributed by atoms with van der Waals surface area (Å²) >= 11 is 0. The van der Waals surface area contributed by atoms with Gasteiger partial charge in [-0.05, 0) is 6.42 Å². The fourth-order valence-electron chi connectivity index (χ4n) is 2.76. The van der Waals surface area contributed by atoms with Gasteiger partial charge in [0.05, 0.1) is 6.04 Å². The van der Waals surface area contributed by atoms with Crippen LogP contribution in [0.1, 0.15) is 13.3 Å². The van der Waals surface area contributed by atoms with Crippen molar-refractivity contribution in [3.8, 4) is 0 Å². The lowest BCUT2D eigenvalue weighted by Crippen LogP contribution is -2.54. The summed E-state index contributed by atoms with van der Waals surface area (Å²) in [6.45, 7) is 2.18. The van der Waals surface area contributed by atoms with Gasteiger partial charge in [-0.1, -0.05) is 0 Å². The third kappa shape index (κ3) is 4.54. The quantitative estimate of drug-likeness (QED) is 0.528. The third-order valence-corrected chi connectivity index (χ3v) is 3.70. The molecule has 1 rings (SSSR count). The summed E-state index contributed by atoms with van der Waals surface area (Å²) in [5.41, 5.74) is 0. The number of ether oxygens (including phenoxy) is 4. The highest BCUT2D eigenvalue weighted by Crippen LogP contribution is 2.28. The molecule has 23 heavy (non-hydrogen) atoms. The molecule has 0 aromatic rings. The highest BCUT2D eigenvalue weighted by atomic mass is 16.5. The Labute approximate surface area is 137 Å². The fraction of sp³-hybridized carbons (Fsp3) is 0.857. The second kappa shape index (κ2) is 9.66. The van der Waals surface area contributed by atoms with E-state index < -0.39 is 6.17 Å². The number of hydrogen-bond acceptors (Lipinski definition) is 6. The Balaban J connectivity index is 3.16. The van der Waals surface area contributed by atoms with Crippen LogP contribution in [0.15, 0.2) is 0 Å². The molecule has 0 bridgehead atoms. The minimum atomic E-state index is -0.509. The molecule has 0 saturated carbocycles. The predicted octanol–water partition coefficient (Wildman–Crippen LogP) is 0.115. The molecule has 0 spiro atoms. The van der Waals surface area contributed by atoms with Crippen LogP contribution in [0.3, 0.4) is 0 Å². The molecule has 0 aliphatic carbocycles. The van der Waals surface area contributed by atoms with Crippen LogP contribution in [-0.4, -0.2) is 94.1 Å². The van der Waals surface area contributed by atoms with Crippen molar-refractivity contribution >= 4 is 11.9 Å². The van der Waals surface area contributed by atoms with Crippen LogP contribution < -0.4 is 0 Å². The average Bonchev–Trinajstić information content (AvgIpc) is 2.76. The van der Waals surface area contributed by atoms with Crippen molar-refractivity contribution in [2.24, 2.45) is 0 Å². The first-order chi connectivity index (χ1) is 11.0. The molecule has 2 atom stereocenters. The van der Waals surface area contributed by atoms with Crippen LogP contribution in [0.2, 0.25) is 0 Å². The molecule has 0 aromatic heterocycles. The highest BCUT2D eigenvalue weighted by Gasteiger charge is 2.49. The number of methoxy groups -OCH3 is 4. The van der Waals surface area contributed by atoms with Crippen molar-refractivity contribution in [1.29, 1.82) is 0 Å². The minimum Gasteiger partial charge on any atom is -0.385 e. The van der Waals surface area contributed by atoms with Gasteiger partial charge in [-0.25, -0.2) is 4.79 Å². The van der Waals surface area contributed by atoms with Gasteiger partial charge in [0.15, 0.2) is 0 Å². The van der Waals surface area contributed by atoms with Gasteiger partial charge in [0, 0.05) is 42.0 Å². The monoisotopic (exact) mass is 333 g/mol. The number of carbonyl (C=O) groups excluding carboxylic acids is 2. The van der Waals surface area contributed by atoms with E-state index in [9.17, 15) is 9.59 Å². The predicted molar refractivity (Wildman–Crippen MR) is 81.3 cm³/mol. The van der Waals surface area contributed by atoms with Crippen LogP contribution in [0.4, 0.5) is 4.79 Å². The normalized spacial score (nSPS) is 21.2. The number of urea groups is 1. The van der Waals surface area contributed by atoms with E-state index in [2.05, 4.69) is 0 Å². The van der Waals surface area contributed by atoms with E-state index >= 15 is 0 Å². The first kappa shape index (κ1) is 19.6. The lowest BCUT2D eigenvalue weighted by Gasteiger charge is -2.36. The molecule has 1 saturated heterocycles. The first-order valence-corrected chi connectivity index (χ1v) is 7.33. The molecule has 0 radical (unpaired) electrons. The summed E-state index contributed by atoms with van der Waals surface area (Å²) in [5, 5.41) is 0. The van der Waals surface area contributed by atoms with Crippen LogP contribution in [-0.2, 0) is 23.7 Å². The van der Waals surface area contributed by atoms with Gasteiger partial charge in [0.25, 0.3) is 0 Å². The van der Waals surface area contributed by atoms with E-state index in [4.69, 9.17) is 18.9 Å². The Morgan fingerprint density at radius 1 is 1.04 bits per heavy atom. The second-order valence-corrected chi connectivity index (χ2v) is 5.23. The molecule has 134 valence electrons. The molecule has 0 N–H and O–H groups in total. The van der Waals surface area contributed by atoms with E-state index in [-0.39, 0.29) is 38.2 Å². The Bertz CT molecular complexity index is 395. The van der Waals surface area contributed by atoms with Gasteiger partial charge >= 0.3 is 6.03 Å². The molecule has 9 nitrogen and oxygen atoms in total. The van der Waals surface area contributed by atoms with Crippen LogP contribution in [0, 0.1) is 0 Å². The Kier molecular flexibility index (Phi) is 8.24. The summed E-state index contributed by atoms with van der Waals surface area (Å²) in [5.74, 6) is -0.188. The molecule has 3 amide bonds. The van der Waals surface area contributed by atoms with Crippen LogP contribution >= 0.6 is 0 Å². The summed E-state index contributed by atoms with van der Waals surface area (Å²) in [7, 11) is 6.12. The number of carbonyl (C=O) groups is 2. The lowest BCUT2D eigenvalue weighted by atomic mass is 10.1. The molecular weight excluding hydrogens is 306 g/mol. The average molecular weight is 333 g/mol. The van der Waals surface area contributed by atoms with E-state index in [1.807, 2.05) is 0 Å². The largest absolute Gasteiger partial charge is 0.385 e. The van der Waals surface area contributed by atoms with Gasteiger partial charge in [-0.15, -0.1) is 0 Å². The maximum Gasteiger partial charge on any atom is 0.325 e. The Morgan fingerprint density at radius 2 is 1.65 bits per heavy atom. The van der Waals surface area contributed by atoms with Gasteiger partial charge in [0.2, 0.25) is 5.91 Å². The molecule has 1 aliphatic rings. The molecule has 1 aliphatic heterocycles. The number of nitrogens with zero attached hydrogens (tertiary/aromatic N) is 3. The summed E-state index contributed by atoms with van der Waals surface area (Å²) in [6, 6.07) is -0.529. The van der Waals surface area contributed by atoms with Crippen molar-refractivity contribution in [3.63, 3.8) is 0 Å². The Hall–Kier alpha value is -1.42. The van der Waals surface area contributed by atoms with Crippen molar-refractivity contribution < 1.29 is 28.5 Å². The van der Waals surface area contributed by atoms with Crippen molar-refractivity contribution in [2.75, 3.05) is 55.2 Å². The van der Waals surface area contributed by atoms with Crippen molar-refractivity contribution in [3.05, 3.63) is 0 Å². The van der Waals surface area contributed by atoms with E-state index in [1.165, 1.54) is 38.1 Å². The van der Waals surface area contributed by atoms with Crippen molar-refractivity contribution in [1.82, 2.24) is 14.7 Å². The number of amides is 3. The van der Waals surface area contributed by atoms with Crippen LogP contribution in [0.25, 0.3) is 0 Å². The third-order valence-electron chi connectivity index (χ3n) is 3.70. The van der Waals surface area contributed by atoms with E-state index in [1.54, 1.807) is 12.0 Å². The Morgan fingerprint density at radius 3 is 2.13 bits per heavy atom. The number of hydrogen-bond donors (Lipinski definition) is 0. The second-order valence-electron chi connectivity index (χ2n) is 5.23. The van der Waals surface area contributed by atoms with E-state index in [0.717, 1.165) is 0 Å². The van der Waals surface area contributed by atoms with Gasteiger partial charge in [-0.2, -0.15) is 0 Å². The topological polar surface area (TPSA) is 80.8 Å². The van der Waals surface area contributed by atoms with Gasteiger partial charge in [0.1, 0.15) is 26.4 Å². The maximum atomic E-state index is 12.7. The van der Waals surface area contributed by atoms with E-state index in [0.29, 0.717) is 13.0 Å². The first-order valence-electron chi connectivity index (χ1n) is 7.33. The minimum absolute atomic E-state index is 0.0701. The summed E-state index contributed by atoms with van der Waals surface area (Å²) < 4.78 is 20.6. The molecular formula is C14H27N3O6. The zero-order chi connectivity index (χ0) is 17.4. The lowest BCUT2D eigenvalue weighted by molar-refractivity contribution is -0.143. The zero-order valence-corrected chi connectivity index (χ0v) is 14.5. The van der Waals surface area contributed by atoms with Crippen LogP contribution in [0.5, 0.6) is 0 Å². The summed E-state index contributed by atoms with van der Waals surface area (Å²) in [6.07, 6.45) is 0.0504. The zero-order valence-electron chi connectivity index (χ0n) is 14.5. The molecule has 9 heteroatoms. The summed E-state index contributed by atoms with van der Waals surface area (Å²) in [4.78, 5) is 29.3.